The molecule has 7 rings (SSSR count). The third-order valence-corrected chi connectivity index (χ3v) is 8.63. The Hall–Kier alpha value is -2.94. The Morgan fingerprint density at radius 2 is 1.03 bits per heavy atom. The van der Waals surface area contributed by atoms with Gasteiger partial charge in [-0.25, -0.2) is 0 Å². The molecule has 0 aliphatic rings. The van der Waals surface area contributed by atoms with Gasteiger partial charge in [0, 0.05) is 40.3 Å². The Morgan fingerprint density at radius 1 is 0.433 bits per heavy atom. The Morgan fingerprint density at radius 3 is 1.83 bits per heavy atom. The summed E-state index contributed by atoms with van der Waals surface area (Å²) >= 11 is 3.84. The van der Waals surface area contributed by atoms with Crippen LogP contribution in [0, 0.1) is 13.8 Å². The van der Waals surface area contributed by atoms with E-state index < -0.39 is 0 Å². The Kier molecular flexibility index (Phi) is 3.26. The van der Waals surface area contributed by atoms with E-state index >= 15 is 0 Å². The molecular weight excluding hydrogens is 400 g/mol. The molecule has 0 saturated carbocycles. The number of hydrogen-bond acceptors (Lipinski definition) is 2. The van der Waals surface area contributed by atoms with Crippen LogP contribution in [0.2, 0.25) is 0 Å². The van der Waals surface area contributed by atoms with Gasteiger partial charge >= 0.3 is 0 Å². The molecule has 0 saturated heterocycles. The number of benzene rings is 5. The largest absolute Gasteiger partial charge is 0.135 e. The van der Waals surface area contributed by atoms with Gasteiger partial charge in [0.05, 0.1) is 0 Å². The van der Waals surface area contributed by atoms with Gasteiger partial charge in [-0.15, -0.1) is 22.7 Å². The van der Waals surface area contributed by atoms with Crippen molar-refractivity contribution < 1.29 is 0 Å². The summed E-state index contributed by atoms with van der Waals surface area (Å²) in [7, 11) is 0. The Labute approximate surface area is 182 Å². The average molecular weight is 419 g/mol. The van der Waals surface area contributed by atoms with Crippen molar-refractivity contribution in [2.75, 3.05) is 0 Å². The van der Waals surface area contributed by atoms with E-state index in [1.165, 1.54) is 73.0 Å². The minimum Gasteiger partial charge on any atom is -0.135 e. The first-order valence-electron chi connectivity index (χ1n) is 10.3. The molecule has 30 heavy (non-hydrogen) atoms. The van der Waals surface area contributed by atoms with Crippen molar-refractivity contribution in [2.24, 2.45) is 0 Å². The van der Waals surface area contributed by atoms with Crippen LogP contribution in [0.25, 0.3) is 61.9 Å². The highest BCUT2D eigenvalue weighted by atomic mass is 32.1. The van der Waals surface area contributed by atoms with E-state index in [1.807, 2.05) is 22.7 Å². The molecule has 142 valence electrons. The van der Waals surface area contributed by atoms with Gasteiger partial charge in [-0.05, 0) is 71.3 Å². The fraction of sp³-hybridized carbons (Fsp3) is 0.0714. The first-order valence-corrected chi connectivity index (χ1v) is 11.9. The smallest absolute Gasteiger partial charge is 0.0433 e. The van der Waals surface area contributed by atoms with E-state index in [4.69, 9.17) is 0 Å². The fourth-order valence-corrected chi connectivity index (χ4v) is 7.31. The maximum Gasteiger partial charge on any atom is 0.0433 e. The number of thiophene rings is 2. The van der Waals surface area contributed by atoms with Crippen molar-refractivity contribution >= 4 is 84.6 Å². The molecule has 0 spiro atoms. The van der Waals surface area contributed by atoms with Crippen LogP contribution >= 0.6 is 22.7 Å². The molecule has 5 aromatic carbocycles. The lowest BCUT2D eigenvalue weighted by molar-refractivity contribution is 1.51. The summed E-state index contributed by atoms with van der Waals surface area (Å²) in [5, 5.41) is 10.9. The summed E-state index contributed by atoms with van der Waals surface area (Å²) in [5.74, 6) is 0. The van der Waals surface area contributed by atoms with E-state index in [9.17, 15) is 0 Å². The number of hydrogen-bond donors (Lipinski definition) is 0. The van der Waals surface area contributed by atoms with Crippen molar-refractivity contribution in [3.05, 3.63) is 83.9 Å². The minimum absolute atomic E-state index is 1.32. The number of fused-ring (bicyclic) bond motifs is 9. The van der Waals surface area contributed by atoms with Crippen LogP contribution in [-0.2, 0) is 0 Å². The Bertz CT molecular complexity index is 1800. The molecule has 0 fully saturated rings. The molecule has 2 heterocycles. The second-order valence-electron chi connectivity index (χ2n) is 8.41. The van der Waals surface area contributed by atoms with Crippen LogP contribution < -0.4 is 0 Å². The third kappa shape index (κ3) is 2.26. The molecule has 0 nitrogen and oxygen atoms in total. The zero-order valence-electron chi connectivity index (χ0n) is 16.7. The number of rotatable bonds is 0. The minimum atomic E-state index is 1.32. The molecule has 0 N–H and O–H groups in total. The van der Waals surface area contributed by atoms with Crippen molar-refractivity contribution in [1.82, 2.24) is 0 Å². The molecule has 2 aromatic heterocycles. The highest BCUT2D eigenvalue weighted by Crippen LogP contribution is 2.42. The summed E-state index contributed by atoms with van der Waals surface area (Å²) in [6.07, 6.45) is 0. The van der Waals surface area contributed by atoms with Crippen LogP contribution in [0.1, 0.15) is 11.1 Å². The molecule has 0 unspecified atom stereocenters. The molecule has 0 amide bonds. The van der Waals surface area contributed by atoms with Crippen molar-refractivity contribution in [2.45, 2.75) is 13.8 Å². The lowest BCUT2D eigenvalue weighted by atomic mass is 10.0. The molecule has 7 aromatic rings. The highest BCUT2D eigenvalue weighted by molar-refractivity contribution is 7.27. The summed E-state index contributed by atoms with van der Waals surface area (Å²) in [6, 6.07) is 27.8. The van der Waals surface area contributed by atoms with Gasteiger partial charge in [0.1, 0.15) is 0 Å². The van der Waals surface area contributed by atoms with Gasteiger partial charge in [-0.3, -0.25) is 0 Å². The van der Waals surface area contributed by atoms with Gasteiger partial charge in [0.25, 0.3) is 0 Å². The molecule has 0 aliphatic carbocycles. The summed E-state index contributed by atoms with van der Waals surface area (Å²) < 4.78 is 5.54. The van der Waals surface area contributed by atoms with Crippen molar-refractivity contribution in [3.63, 3.8) is 0 Å². The van der Waals surface area contributed by atoms with Crippen LogP contribution in [0.15, 0.2) is 72.8 Å². The SMILES string of the molecule is Cc1ccc2c(ccc3c4cc5cc6sc7cc(C)ccc7c6cc5cc4sc23)c1. The Balaban J connectivity index is 1.59. The van der Waals surface area contributed by atoms with Crippen LogP contribution in [0.3, 0.4) is 0 Å². The lowest BCUT2D eigenvalue weighted by Gasteiger charge is -2.02. The molecule has 2 heteroatoms. The van der Waals surface area contributed by atoms with E-state index in [1.54, 1.807) is 0 Å². The molecule has 0 bridgehead atoms. The zero-order chi connectivity index (χ0) is 20.0. The maximum absolute atomic E-state index is 2.40. The predicted octanol–water partition coefficient (Wildman–Crippen LogP) is 9.35. The fourth-order valence-electron chi connectivity index (χ4n) is 4.81. The molecule has 0 aliphatic heterocycles. The lowest BCUT2D eigenvalue weighted by Crippen LogP contribution is -1.76. The predicted molar refractivity (Wildman–Crippen MR) is 137 cm³/mol. The monoisotopic (exact) mass is 418 g/mol. The van der Waals surface area contributed by atoms with Crippen LogP contribution in [0.5, 0.6) is 0 Å². The highest BCUT2D eigenvalue weighted by Gasteiger charge is 2.12. The quantitative estimate of drug-likeness (QED) is 0.230. The number of aryl methyl sites for hydroxylation is 2. The second kappa shape index (κ2) is 5.81. The molecule has 0 radical (unpaired) electrons. The van der Waals surface area contributed by atoms with Crippen LogP contribution in [-0.4, -0.2) is 0 Å². The summed E-state index contributed by atoms with van der Waals surface area (Å²) in [6.45, 7) is 4.34. The van der Waals surface area contributed by atoms with Gasteiger partial charge in [-0.1, -0.05) is 48.0 Å². The van der Waals surface area contributed by atoms with E-state index in [-0.39, 0.29) is 0 Å². The zero-order valence-corrected chi connectivity index (χ0v) is 18.4. The first kappa shape index (κ1) is 16.8. The van der Waals surface area contributed by atoms with Crippen LogP contribution in [0.4, 0.5) is 0 Å². The standard InChI is InChI=1S/C28H18S2/c1-15-3-6-20-17(9-15)5-8-22-24-12-19-13-26-23(11-18(19)14-27(24)30-28(20)22)21-7-4-16(2)10-25(21)29-26/h3-14H,1-2H3. The van der Waals surface area contributed by atoms with Crippen molar-refractivity contribution in [3.8, 4) is 0 Å². The van der Waals surface area contributed by atoms with E-state index in [0.29, 0.717) is 0 Å². The first-order chi connectivity index (χ1) is 14.6. The van der Waals surface area contributed by atoms with Gasteiger partial charge in [0.2, 0.25) is 0 Å². The normalized spacial score (nSPS) is 12.3. The summed E-state index contributed by atoms with van der Waals surface area (Å²) in [4.78, 5) is 0. The average Bonchev–Trinajstić information content (AvgIpc) is 3.26. The van der Waals surface area contributed by atoms with Crippen molar-refractivity contribution in [1.29, 1.82) is 0 Å². The topological polar surface area (TPSA) is 0 Å². The van der Waals surface area contributed by atoms with E-state index in [0.717, 1.165) is 0 Å². The molecule has 0 atom stereocenters. The second-order valence-corrected chi connectivity index (χ2v) is 10.6. The summed E-state index contributed by atoms with van der Waals surface area (Å²) in [5.41, 5.74) is 2.64. The third-order valence-electron chi connectivity index (χ3n) is 6.31. The van der Waals surface area contributed by atoms with Gasteiger partial charge < -0.3 is 0 Å². The van der Waals surface area contributed by atoms with Gasteiger partial charge in [-0.2, -0.15) is 0 Å². The molecular formula is C28H18S2. The van der Waals surface area contributed by atoms with Gasteiger partial charge in [0.15, 0.2) is 0 Å². The van der Waals surface area contributed by atoms with E-state index in [2.05, 4.69) is 86.6 Å². The maximum atomic E-state index is 2.40.